The molecule has 2 N–H and O–H groups in total. The molecular weight excluding hydrogens is 465 g/mol. The predicted octanol–water partition coefficient (Wildman–Crippen LogP) is 3.49. The van der Waals surface area contributed by atoms with E-state index in [-0.39, 0.29) is 34.9 Å². The minimum absolute atomic E-state index is 0.0106. The Morgan fingerprint density at radius 2 is 2.23 bits per heavy atom. The number of urea groups is 1. The zero-order chi connectivity index (χ0) is 21.5. The molecule has 30 heavy (non-hydrogen) atoms. The van der Waals surface area contributed by atoms with Crippen LogP contribution in [0, 0.1) is 11.7 Å². The van der Waals surface area contributed by atoms with Crippen LogP contribution in [-0.2, 0) is 25.4 Å². The van der Waals surface area contributed by atoms with Crippen molar-refractivity contribution in [3.8, 4) is 0 Å². The third-order valence-electron chi connectivity index (χ3n) is 5.61. The first-order valence-electron chi connectivity index (χ1n) is 9.77. The lowest BCUT2D eigenvalue weighted by atomic mass is 9.98. The van der Waals surface area contributed by atoms with Crippen molar-refractivity contribution in [2.45, 2.75) is 38.3 Å². The fourth-order valence-electron chi connectivity index (χ4n) is 4.15. The number of carbonyl (C=O) groups excluding carboxylic acids is 1. The van der Waals surface area contributed by atoms with E-state index in [9.17, 15) is 9.18 Å². The summed E-state index contributed by atoms with van der Waals surface area (Å²) in [4.78, 5) is 17.8. The zero-order valence-corrected chi connectivity index (χ0v) is 18.0. The molecule has 1 unspecified atom stereocenters. The lowest BCUT2D eigenvalue weighted by Gasteiger charge is -2.28. The van der Waals surface area contributed by atoms with Gasteiger partial charge in [0.2, 0.25) is 0 Å². The SMILES string of the molecule is CNCC1CCC(F)(F)c2c3c(nn2C1)CCN(C(=O)Nc1ccnc(Br)c1F)C3. The van der Waals surface area contributed by atoms with Crippen molar-refractivity contribution in [3.05, 3.63) is 39.6 Å². The van der Waals surface area contributed by atoms with E-state index in [1.54, 1.807) is 7.05 Å². The monoisotopic (exact) mass is 486 g/mol. The number of amides is 2. The van der Waals surface area contributed by atoms with Crippen molar-refractivity contribution >= 4 is 27.6 Å². The summed E-state index contributed by atoms with van der Waals surface area (Å²) in [5.74, 6) is -3.63. The first-order chi connectivity index (χ1) is 14.3. The van der Waals surface area contributed by atoms with E-state index in [0.717, 1.165) is 0 Å². The number of aromatic nitrogens is 3. The quantitative estimate of drug-likeness (QED) is 0.651. The number of halogens is 4. The summed E-state index contributed by atoms with van der Waals surface area (Å²) >= 11 is 2.98. The number of alkyl halides is 2. The van der Waals surface area contributed by atoms with Crippen LogP contribution in [0.2, 0.25) is 0 Å². The Bertz CT molecular complexity index is 966. The van der Waals surface area contributed by atoms with Gasteiger partial charge in [0.15, 0.2) is 5.82 Å². The molecule has 0 aromatic carbocycles. The first-order valence-corrected chi connectivity index (χ1v) is 10.6. The largest absolute Gasteiger partial charge is 0.322 e. The number of anilines is 1. The van der Waals surface area contributed by atoms with Crippen LogP contribution in [0.25, 0.3) is 0 Å². The summed E-state index contributed by atoms with van der Waals surface area (Å²) in [7, 11) is 1.80. The number of nitrogens with one attached hydrogen (secondary N) is 2. The molecule has 2 aliphatic rings. The minimum atomic E-state index is -3.01. The highest BCUT2D eigenvalue weighted by atomic mass is 79.9. The number of pyridine rings is 1. The second-order valence-corrected chi connectivity index (χ2v) is 8.44. The minimum Gasteiger partial charge on any atom is -0.320 e. The van der Waals surface area contributed by atoms with Gasteiger partial charge in [-0.1, -0.05) is 0 Å². The molecular formula is C19H22BrF3N6O. The predicted molar refractivity (Wildman–Crippen MR) is 108 cm³/mol. The molecule has 2 aromatic heterocycles. The fraction of sp³-hybridized carbons (Fsp3) is 0.526. The van der Waals surface area contributed by atoms with Crippen LogP contribution in [0.3, 0.4) is 0 Å². The van der Waals surface area contributed by atoms with Crippen molar-refractivity contribution in [2.24, 2.45) is 5.92 Å². The van der Waals surface area contributed by atoms with Crippen LogP contribution in [0.5, 0.6) is 0 Å². The van der Waals surface area contributed by atoms with Gasteiger partial charge in [0.05, 0.1) is 17.9 Å². The number of nitrogens with zero attached hydrogens (tertiary/aromatic N) is 4. The first kappa shape index (κ1) is 21.1. The molecule has 0 fully saturated rings. The van der Waals surface area contributed by atoms with Gasteiger partial charge < -0.3 is 15.5 Å². The Morgan fingerprint density at radius 1 is 1.43 bits per heavy atom. The van der Waals surface area contributed by atoms with Crippen molar-refractivity contribution < 1.29 is 18.0 Å². The molecule has 2 aromatic rings. The standard InChI is InChI=1S/C19H22BrF3N6O/c1-24-8-11-2-5-19(22,23)16-12-10-28(7-4-13(12)27-29(16)9-11)18(30)26-14-3-6-25-17(20)15(14)21/h3,6,11,24H,2,4-5,7-10H2,1H3,(H,25,26,30). The molecule has 4 rings (SSSR count). The van der Waals surface area contributed by atoms with Gasteiger partial charge in [-0.05, 0) is 47.9 Å². The fourth-order valence-corrected chi connectivity index (χ4v) is 4.48. The van der Waals surface area contributed by atoms with Crippen LogP contribution in [-0.4, -0.2) is 45.8 Å². The Labute approximate surface area is 180 Å². The van der Waals surface area contributed by atoms with Crippen molar-refractivity contribution in [2.75, 3.05) is 25.5 Å². The highest BCUT2D eigenvalue weighted by Crippen LogP contribution is 2.41. The summed E-state index contributed by atoms with van der Waals surface area (Å²) in [6, 6.07) is 0.789. The third kappa shape index (κ3) is 3.92. The van der Waals surface area contributed by atoms with Gasteiger partial charge in [-0.15, -0.1) is 0 Å². The number of hydrogen-bond donors (Lipinski definition) is 2. The maximum Gasteiger partial charge on any atom is 0.322 e. The number of rotatable bonds is 3. The molecule has 7 nitrogen and oxygen atoms in total. The van der Waals surface area contributed by atoms with E-state index < -0.39 is 17.8 Å². The molecule has 4 heterocycles. The van der Waals surface area contributed by atoms with Crippen molar-refractivity contribution in [1.29, 1.82) is 0 Å². The summed E-state index contributed by atoms with van der Waals surface area (Å²) in [6.07, 6.45) is 1.88. The normalized spacial score (nSPS) is 20.3. The lowest BCUT2D eigenvalue weighted by molar-refractivity contribution is -0.0217. The average Bonchev–Trinajstić information content (AvgIpc) is 3.02. The molecule has 0 aliphatic carbocycles. The Kier molecular flexibility index (Phi) is 5.75. The van der Waals surface area contributed by atoms with Crippen molar-refractivity contribution in [1.82, 2.24) is 25.0 Å². The van der Waals surface area contributed by atoms with Crippen LogP contribution in [0.15, 0.2) is 16.9 Å². The smallest absolute Gasteiger partial charge is 0.320 e. The molecule has 0 saturated carbocycles. The molecule has 0 radical (unpaired) electrons. The highest BCUT2D eigenvalue weighted by molar-refractivity contribution is 9.10. The Morgan fingerprint density at radius 3 is 3.00 bits per heavy atom. The van der Waals surface area contributed by atoms with E-state index in [2.05, 4.69) is 36.6 Å². The van der Waals surface area contributed by atoms with E-state index in [1.807, 2.05) is 0 Å². The van der Waals surface area contributed by atoms with Gasteiger partial charge in [0, 0.05) is 37.7 Å². The topological polar surface area (TPSA) is 75.1 Å². The van der Waals surface area contributed by atoms with Gasteiger partial charge in [0.25, 0.3) is 5.92 Å². The second-order valence-electron chi connectivity index (χ2n) is 7.69. The lowest BCUT2D eigenvalue weighted by Crippen LogP contribution is -2.39. The molecule has 0 bridgehead atoms. The second kappa shape index (κ2) is 8.18. The van der Waals surface area contributed by atoms with Gasteiger partial charge in [-0.25, -0.2) is 14.2 Å². The summed E-state index contributed by atoms with van der Waals surface area (Å²) in [5, 5.41) is 10.0. The van der Waals surface area contributed by atoms with Crippen molar-refractivity contribution in [3.63, 3.8) is 0 Å². The van der Waals surface area contributed by atoms with Gasteiger partial charge in [0.1, 0.15) is 10.3 Å². The molecule has 0 spiro atoms. The van der Waals surface area contributed by atoms with E-state index in [1.165, 1.54) is 21.8 Å². The molecule has 2 amide bonds. The third-order valence-corrected chi connectivity index (χ3v) is 6.17. The number of carbonyl (C=O) groups is 1. The zero-order valence-electron chi connectivity index (χ0n) is 16.4. The Balaban J connectivity index is 1.58. The molecule has 11 heteroatoms. The molecule has 0 saturated heterocycles. The summed E-state index contributed by atoms with van der Waals surface area (Å²) < 4.78 is 45.6. The Hall–Kier alpha value is -2.14. The van der Waals surface area contributed by atoms with Gasteiger partial charge in [-0.2, -0.15) is 13.9 Å². The molecule has 162 valence electrons. The molecule has 1 atom stereocenters. The average molecular weight is 487 g/mol. The maximum absolute atomic E-state index is 15.0. The van der Waals surface area contributed by atoms with E-state index in [4.69, 9.17) is 0 Å². The van der Waals surface area contributed by atoms with Gasteiger partial charge in [-0.3, -0.25) is 4.68 Å². The van der Waals surface area contributed by atoms with Crippen LogP contribution in [0.1, 0.15) is 29.8 Å². The van der Waals surface area contributed by atoms with Gasteiger partial charge >= 0.3 is 6.03 Å². The summed E-state index contributed by atoms with van der Waals surface area (Å²) in [6.45, 7) is 1.38. The van der Waals surface area contributed by atoms with E-state index >= 15 is 8.78 Å². The highest BCUT2D eigenvalue weighted by Gasteiger charge is 2.43. The van der Waals surface area contributed by atoms with E-state index in [0.29, 0.717) is 43.7 Å². The molecule has 2 aliphatic heterocycles. The van der Waals surface area contributed by atoms with Crippen LogP contribution in [0.4, 0.5) is 23.7 Å². The van der Waals surface area contributed by atoms with Crippen LogP contribution < -0.4 is 10.6 Å². The maximum atomic E-state index is 15.0. The van der Waals surface area contributed by atoms with Crippen LogP contribution >= 0.6 is 15.9 Å². The number of hydrogen-bond acceptors (Lipinski definition) is 4. The number of fused-ring (bicyclic) bond motifs is 3. The summed E-state index contributed by atoms with van der Waals surface area (Å²) in [5.41, 5.74) is 0.896.